The zero-order valence-corrected chi connectivity index (χ0v) is 69.0. The molecule has 0 atom stereocenters. The summed E-state index contributed by atoms with van der Waals surface area (Å²) in [5.41, 5.74) is 48.8. The minimum Gasteiger partial charge on any atom is -0.497 e. The summed E-state index contributed by atoms with van der Waals surface area (Å²) in [6.07, 6.45) is 20.0. The standard InChI is InChI=1S/C17H18F3N3.C17H21N3O.C16H18ClN3.C15H14N4.C14H16N4O.C13H13ClN4/c18-17(19,20)13-7-3-6-12(9-13)15-10-14(22-16(21)23-15)8-11-4-1-2-5-11;1-21-15-8-6-13(7-9-15)16-11-14(19-17(18)20-16)10-12-4-2-3-5-12;17-13-7-5-12(6-8-13)15-10-14(19-16(18)20-15)9-11-3-1-2-4-11;1-2-10-9-14(19-15(16)18-10)12-5-3-7-13-11(12)6-4-8-17-13;1-3-8-16-13-9-12(17-14(15)18-13)10-4-6-11(19-2)7-5-10;1-2-7-16-12-8-11(17-13(15)18-12)9-3-5-10(14)6-4-9/h3,6-7,9-11H,1-2,4-5,8H2,(H2,21,22,23);6-9,11-12H,2-5,10H2,1H3,(H2,18,19,20);5-8,10-11H,1-4,9H2,(H2,18,19,20);3-9H,2H2,1H3,(H2,16,18,19);3-7,9H,1,8H2,2H3,(H3,15,16,17,18);2-6,8H,1,7H2,(H3,15,16,17,18). The van der Waals surface area contributed by atoms with Crippen molar-refractivity contribution in [2.45, 2.75) is 116 Å². The number of rotatable bonds is 21. The van der Waals surface area contributed by atoms with E-state index in [-0.39, 0.29) is 17.8 Å². The van der Waals surface area contributed by atoms with Crippen LogP contribution in [0.15, 0.2) is 220 Å². The maximum absolute atomic E-state index is 12.9. The molecule has 3 saturated carbocycles. The Hall–Kier alpha value is -12.9. The van der Waals surface area contributed by atoms with Crippen molar-refractivity contribution in [3.05, 3.63) is 258 Å². The Bertz CT molecular complexity index is 5500. The van der Waals surface area contributed by atoms with Crippen LogP contribution in [0.4, 0.5) is 60.5 Å². The number of halogens is 5. The molecule has 3 aliphatic carbocycles. The van der Waals surface area contributed by atoms with Crippen LogP contribution in [0.2, 0.25) is 10.0 Å². The Morgan fingerprint density at radius 1 is 0.400 bits per heavy atom. The van der Waals surface area contributed by atoms with Crippen molar-refractivity contribution in [3.8, 4) is 79.0 Å². The highest BCUT2D eigenvalue weighted by molar-refractivity contribution is 6.31. The van der Waals surface area contributed by atoms with E-state index in [0.29, 0.717) is 64.8 Å². The summed E-state index contributed by atoms with van der Waals surface area (Å²) in [5, 5.41) is 8.66. The maximum Gasteiger partial charge on any atom is 0.416 e. The monoisotopic (exact) mass is 1660 g/mol. The Balaban J connectivity index is 0.000000141. The van der Waals surface area contributed by atoms with Crippen LogP contribution >= 0.6 is 23.2 Å². The third-order valence-corrected chi connectivity index (χ3v) is 20.8. The van der Waals surface area contributed by atoms with Crippen molar-refractivity contribution in [3.63, 3.8) is 0 Å². The van der Waals surface area contributed by atoms with Gasteiger partial charge in [0, 0.05) is 103 Å². The van der Waals surface area contributed by atoms with Gasteiger partial charge in [0.2, 0.25) is 35.7 Å². The van der Waals surface area contributed by atoms with Gasteiger partial charge in [-0.25, -0.2) is 49.8 Å². The molecule has 23 nitrogen and oxygen atoms in total. The summed E-state index contributed by atoms with van der Waals surface area (Å²) in [7, 11) is 3.30. The van der Waals surface area contributed by atoms with Crippen LogP contribution in [0.3, 0.4) is 0 Å². The van der Waals surface area contributed by atoms with Crippen molar-refractivity contribution in [2.75, 3.05) is 72.3 Å². The molecule has 28 heteroatoms. The maximum atomic E-state index is 12.9. The largest absolute Gasteiger partial charge is 0.497 e. The fourth-order valence-electron chi connectivity index (χ4n) is 14.4. The fraction of sp³-hybridized carbons (Fsp3) is 0.272. The van der Waals surface area contributed by atoms with Gasteiger partial charge in [-0.05, 0) is 165 Å². The number of nitrogen functional groups attached to an aromatic ring is 6. The molecule has 120 heavy (non-hydrogen) atoms. The molecule has 6 aromatic carbocycles. The molecule has 0 unspecified atom stereocenters. The number of nitrogens with two attached hydrogens (primary N) is 6. The number of alkyl halides is 3. The average molecular weight is 1660 g/mol. The summed E-state index contributed by atoms with van der Waals surface area (Å²) >= 11 is 11.8. The number of nitrogens with one attached hydrogen (secondary N) is 2. The fourth-order valence-corrected chi connectivity index (χ4v) is 14.6. The molecule has 0 aliphatic heterocycles. The smallest absolute Gasteiger partial charge is 0.416 e. The van der Waals surface area contributed by atoms with Gasteiger partial charge in [0.15, 0.2) is 0 Å². The molecular formula is C92H100Cl2F3N21O2. The molecule has 3 fully saturated rings. The topological polar surface area (TPSA) is 366 Å². The summed E-state index contributed by atoms with van der Waals surface area (Å²) in [6.45, 7) is 10.6. The molecular weight excluding hydrogens is 1560 g/mol. The molecule has 14 N–H and O–H groups in total. The van der Waals surface area contributed by atoms with E-state index in [2.05, 4.69) is 108 Å². The lowest BCUT2D eigenvalue weighted by atomic mass is 10.00. The van der Waals surface area contributed by atoms with Crippen molar-refractivity contribution >= 4 is 81.4 Å². The van der Waals surface area contributed by atoms with Gasteiger partial charge < -0.3 is 54.5 Å². The molecule has 0 radical (unpaired) electrons. The van der Waals surface area contributed by atoms with Gasteiger partial charge in [0.25, 0.3) is 0 Å². The molecule has 13 aromatic rings. The molecule has 16 rings (SSSR count). The number of aryl methyl sites for hydroxylation is 1. The first-order valence-electron chi connectivity index (χ1n) is 39.9. The number of anilines is 8. The van der Waals surface area contributed by atoms with Crippen molar-refractivity contribution in [2.24, 2.45) is 17.8 Å². The first-order valence-corrected chi connectivity index (χ1v) is 40.7. The lowest BCUT2D eigenvalue weighted by Gasteiger charge is -2.11. The van der Waals surface area contributed by atoms with Crippen molar-refractivity contribution in [1.29, 1.82) is 0 Å². The van der Waals surface area contributed by atoms with E-state index >= 15 is 0 Å². The summed E-state index contributed by atoms with van der Waals surface area (Å²) in [5.74, 6) is 6.68. The average Bonchev–Trinajstić information content (AvgIpc) is 0.890. The number of hydrogen-bond donors (Lipinski definition) is 8. The Morgan fingerprint density at radius 3 is 1.13 bits per heavy atom. The van der Waals surface area contributed by atoms with Gasteiger partial charge >= 0.3 is 6.18 Å². The number of fused-ring (bicyclic) bond motifs is 1. The highest BCUT2D eigenvalue weighted by Crippen LogP contribution is 2.36. The van der Waals surface area contributed by atoms with Gasteiger partial charge in [-0.1, -0.05) is 174 Å². The number of pyridine rings is 1. The SMILES string of the molecule is C=CCNc1cc(-c2ccc(Cl)cc2)nc(N)n1.C=CCNc1cc(-c2ccc(OC)cc2)nc(N)n1.CCc1cc(-c2cccc3ncccc23)nc(N)n1.COc1ccc(-c2cc(CC3CCCC3)nc(N)n2)cc1.Nc1nc(CC2CCCC2)cc(-c2ccc(Cl)cc2)n1.Nc1nc(CC2CCCC2)cc(-c2cccc(C(F)(F)F)c2)n1. The molecule has 3 aliphatic rings. The number of methoxy groups -OCH3 is 2. The van der Waals surface area contributed by atoms with E-state index in [0.717, 1.165) is 156 Å². The van der Waals surface area contributed by atoms with E-state index in [1.54, 1.807) is 44.7 Å². The molecule has 620 valence electrons. The molecule has 0 spiro atoms. The number of hydrogen-bond acceptors (Lipinski definition) is 23. The second-order valence-corrected chi connectivity index (χ2v) is 30.0. The van der Waals surface area contributed by atoms with E-state index < -0.39 is 11.7 Å². The highest BCUT2D eigenvalue weighted by atomic mass is 35.5. The van der Waals surface area contributed by atoms with Gasteiger partial charge in [0.1, 0.15) is 23.1 Å². The lowest BCUT2D eigenvalue weighted by Crippen LogP contribution is -2.07. The van der Waals surface area contributed by atoms with Crippen LogP contribution in [-0.2, 0) is 31.9 Å². The quantitative estimate of drug-likeness (QED) is 0.0310. The highest BCUT2D eigenvalue weighted by Gasteiger charge is 2.31. The predicted molar refractivity (Wildman–Crippen MR) is 478 cm³/mol. The van der Waals surface area contributed by atoms with Crippen LogP contribution in [-0.4, -0.2) is 92.1 Å². The molecule has 0 saturated heterocycles. The summed E-state index contributed by atoms with van der Waals surface area (Å²) < 4.78 is 48.9. The van der Waals surface area contributed by atoms with Crippen LogP contribution < -0.4 is 54.5 Å². The third-order valence-electron chi connectivity index (χ3n) is 20.3. The normalized spacial score (nSPS) is 13.1. The van der Waals surface area contributed by atoms with Gasteiger partial charge in [-0.3, -0.25) is 4.98 Å². The first kappa shape index (κ1) is 87.9. The number of aromatic nitrogens is 13. The van der Waals surface area contributed by atoms with Crippen molar-refractivity contribution in [1.82, 2.24) is 64.8 Å². The zero-order chi connectivity index (χ0) is 84.9. The van der Waals surface area contributed by atoms with Crippen LogP contribution in [0.1, 0.15) is 112 Å². The van der Waals surface area contributed by atoms with Crippen LogP contribution in [0, 0.1) is 17.8 Å². The first-order chi connectivity index (χ1) is 58.0. The Labute approximate surface area is 707 Å². The lowest BCUT2D eigenvalue weighted by molar-refractivity contribution is -0.137. The third kappa shape index (κ3) is 26.5. The second-order valence-electron chi connectivity index (χ2n) is 29.1. The Morgan fingerprint density at radius 2 is 0.750 bits per heavy atom. The molecule has 7 aromatic heterocycles. The summed E-state index contributed by atoms with van der Waals surface area (Å²) in [4.78, 5) is 55.4. The summed E-state index contributed by atoms with van der Waals surface area (Å²) in [6, 6.07) is 57.2. The van der Waals surface area contributed by atoms with Gasteiger partial charge in [0.05, 0.1) is 59.5 Å². The zero-order valence-electron chi connectivity index (χ0n) is 67.5. The van der Waals surface area contributed by atoms with E-state index in [4.69, 9.17) is 67.1 Å². The van der Waals surface area contributed by atoms with E-state index in [9.17, 15) is 13.2 Å². The molecule has 0 amide bonds. The van der Waals surface area contributed by atoms with Crippen molar-refractivity contribution < 1.29 is 22.6 Å². The van der Waals surface area contributed by atoms with Gasteiger partial charge in [-0.2, -0.15) is 23.1 Å². The minimum atomic E-state index is -4.37. The Kier molecular flexibility index (Phi) is 31.9. The number of ether oxygens (including phenoxy) is 2. The van der Waals surface area contributed by atoms with E-state index in [1.807, 2.05) is 146 Å². The number of nitrogens with zero attached hydrogens (tertiary/aromatic N) is 13. The molecule has 7 heterocycles. The second kappa shape index (κ2) is 43.5. The molecule has 0 bridgehead atoms. The number of benzene rings is 6. The van der Waals surface area contributed by atoms with Gasteiger partial charge in [-0.15, -0.1) is 13.2 Å². The van der Waals surface area contributed by atoms with Crippen LogP contribution in [0.5, 0.6) is 11.5 Å². The minimum absolute atomic E-state index is 0.105. The van der Waals surface area contributed by atoms with Crippen LogP contribution in [0.25, 0.3) is 78.4 Å². The predicted octanol–water partition coefficient (Wildman–Crippen LogP) is 20.2. The van der Waals surface area contributed by atoms with E-state index in [1.165, 1.54) is 83.1 Å².